The van der Waals surface area contributed by atoms with E-state index >= 15 is 0 Å². The second kappa shape index (κ2) is 8.27. The molecule has 1 heterocycles. The van der Waals surface area contributed by atoms with Crippen LogP contribution in [0.2, 0.25) is 0 Å². The van der Waals surface area contributed by atoms with Crippen LogP contribution in [-0.2, 0) is 13.1 Å². The zero-order valence-corrected chi connectivity index (χ0v) is 16.4. The molecule has 136 valence electrons. The minimum absolute atomic E-state index is 0.593. The Bertz CT molecular complexity index is 1010. The Kier molecular flexibility index (Phi) is 5.39. The summed E-state index contributed by atoms with van der Waals surface area (Å²) < 4.78 is 9.18. The lowest BCUT2D eigenvalue weighted by atomic mass is 10.3. The summed E-state index contributed by atoms with van der Waals surface area (Å²) in [5.74, 6) is 1.88. The highest BCUT2D eigenvalue weighted by atomic mass is 79.9. The maximum atomic E-state index is 5.88. The van der Waals surface area contributed by atoms with Gasteiger partial charge in [0.05, 0.1) is 24.1 Å². The molecule has 3 aromatic carbocycles. The van der Waals surface area contributed by atoms with E-state index in [2.05, 4.69) is 44.0 Å². The van der Waals surface area contributed by atoms with E-state index in [1.54, 1.807) is 0 Å². The first-order chi connectivity index (χ1) is 13.3. The Morgan fingerprint density at radius 1 is 0.889 bits per heavy atom. The average molecular weight is 422 g/mol. The molecule has 0 bridgehead atoms. The lowest BCUT2D eigenvalue weighted by Gasteiger charge is -2.12. The van der Waals surface area contributed by atoms with Gasteiger partial charge in [-0.05, 0) is 48.5 Å². The summed E-state index contributed by atoms with van der Waals surface area (Å²) in [4.78, 5) is 4.81. The van der Waals surface area contributed by atoms with Crippen molar-refractivity contribution < 1.29 is 4.74 Å². The summed E-state index contributed by atoms with van der Waals surface area (Å²) in [6.45, 7) is 1.99. The van der Waals surface area contributed by atoms with Crippen LogP contribution in [0.4, 0.5) is 5.69 Å². The third-order valence-corrected chi connectivity index (χ3v) is 4.88. The van der Waals surface area contributed by atoms with Gasteiger partial charge < -0.3 is 14.6 Å². The maximum absolute atomic E-state index is 5.88. The molecule has 0 fully saturated rings. The zero-order chi connectivity index (χ0) is 18.5. The van der Waals surface area contributed by atoms with Gasteiger partial charge in [0.15, 0.2) is 0 Å². The molecule has 0 unspecified atom stereocenters. The van der Waals surface area contributed by atoms with Crippen LogP contribution in [0.1, 0.15) is 5.82 Å². The Hall–Kier alpha value is -2.79. The number of ether oxygens (including phenoxy) is 1. The van der Waals surface area contributed by atoms with Gasteiger partial charge >= 0.3 is 0 Å². The second-order valence-corrected chi connectivity index (χ2v) is 7.11. The van der Waals surface area contributed by atoms with Crippen LogP contribution in [0.3, 0.4) is 0 Å². The summed E-state index contributed by atoms with van der Waals surface area (Å²) in [6, 6.07) is 26.3. The van der Waals surface area contributed by atoms with Crippen molar-refractivity contribution in [1.29, 1.82) is 0 Å². The van der Waals surface area contributed by atoms with Crippen molar-refractivity contribution in [2.24, 2.45) is 0 Å². The molecule has 1 N–H and O–H groups in total. The fourth-order valence-electron chi connectivity index (χ4n) is 3.03. The van der Waals surface area contributed by atoms with E-state index in [-0.39, 0.29) is 0 Å². The van der Waals surface area contributed by atoms with Crippen LogP contribution in [0, 0.1) is 0 Å². The SMILES string of the molecule is Brc1ccc(NCc2nc3ccccc3n2CCOc2ccccc2)cc1. The molecule has 4 aromatic rings. The number of fused-ring (bicyclic) bond motifs is 1. The Balaban J connectivity index is 1.50. The third-order valence-electron chi connectivity index (χ3n) is 4.36. The van der Waals surface area contributed by atoms with Crippen molar-refractivity contribution in [3.63, 3.8) is 0 Å². The normalized spacial score (nSPS) is 10.9. The molecule has 1 aromatic heterocycles. The highest BCUT2D eigenvalue weighted by Crippen LogP contribution is 2.19. The van der Waals surface area contributed by atoms with Gasteiger partial charge in [0.25, 0.3) is 0 Å². The van der Waals surface area contributed by atoms with E-state index in [1.807, 2.05) is 60.7 Å². The van der Waals surface area contributed by atoms with E-state index in [0.717, 1.165) is 39.3 Å². The topological polar surface area (TPSA) is 39.1 Å². The molecule has 0 atom stereocenters. The average Bonchev–Trinajstić information content (AvgIpc) is 3.06. The van der Waals surface area contributed by atoms with E-state index in [0.29, 0.717) is 13.2 Å². The number of anilines is 1. The van der Waals surface area contributed by atoms with E-state index in [4.69, 9.17) is 9.72 Å². The van der Waals surface area contributed by atoms with Gasteiger partial charge in [-0.2, -0.15) is 0 Å². The van der Waals surface area contributed by atoms with Gasteiger partial charge in [-0.25, -0.2) is 4.98 Å². The molecule has 0 aliphatic carbocycles. The molecule has 4 rings (SSSR count). The number of halogens is 1. The first-order valence-electron chi connectivity index (χ1n) is 8.91. The minimum atomic E-state index is 0.593. The lowest BCUT2D eigenvalue weighted by Crippen LogP contribution is -2.13. The number of rotatable bonds is 7. The number of benzene rings is 3. The summed E-state index contributed by atoms with van der Waals surface area (Å²) in [5, 5.41) is 3.45. The summed E-state index contributed by atoms with van der Waals surface area (Å²) in [6.07, 6.45) is 0. The third kappa shape index (κ3) is 4.31. The first kappa shape index (κ1) is 17.6. The minimum Gasteiger partial charge on any atom is -0.492 e. The standard InChI is InChI=1S/C22H20BrN3O/c23-17-10-12-18(13-11-17)24-16-22-25-20-8-4-5-9-21(20)26(22)14-15-27-19-6-2-1-3-7-19/h1-13,24H,14-16H2. The Labute approximate surface area is 166 Å². The molecular weight excluding hydrogens is 402 g/mol. The van der Waals surface area contributed by atoms with Crippen molar-refractivity contribution in [2.75, 3.05) is 11.9 Å². The number of aromatic nitrogens is 2. The van der Waals surface area contributed by atoms with Gasteiger partial charge in [0.1, 0.15) is 18.2 Å². The number of nitrogens with one attached hydrogen (secondary N) is 1. The van der Waals surface area contributed by atoms with E-state index in [9.17, 15) is 0 Å². The molecule has 0 amide bonds. The number of hydrogen-bond acceptors (Lipinski definition) is 3. The predicted molar refractivity (Wildman–Crippen MR) is 113 cm³/mol. The van der Waals surface area contributed by atoms with Gasteiger partial charge in [-0.1, -0.05) is 46.3 Å². The Morgan fingerprint density at radius 3 is 2.44 bits per heavy atom. The molecule has 0 saturated carbocycles. The molecule has 5 heteroatoms. The number of para-hydroxylation sites is 3. The molecule has 0 saturated heterocycles. The van der Waals surface area contributed by atoms with Gasteiger partial charge in [-0.3, -0.25) is 0 Å². The molecule has 0 aliphatic rings. The molecule has 0 spiro atoms. The van der Waals surface area contributed by atoms with Gasteiger partial charge in [0, 0.05) is 10.2 Å². The van der Waals surface area contributed by atoms with Gasteiger partial charge in [0.2, 0.25) is 0 Å². The lowest BCUT2D eigenvalue weighted by molar-refractivity contribution is 0.298. The van der Waals surface area contributed by atoms with E-state index in [1.165, 1.54) is 0 Å². The smallest absolute Gasteiger partial charge is 0.129 e. The molecular formula is C22H20BrN3O. The van der Waals surface area contributed by atoms with Crippen molar-refractivity contribution in [1.82, 2.24) is 9.55 Å². The van der Waals surface area contributed by atoms with Crippen molar-refractivity contribution >= 4 is 32.7 Å². The van der Waals surface area contributed by atoms with Crippen LogP contribution in [0.25, 0.3) is 11.0 Å². The van der Waals surface area contributed by atoms with Crippen molar-refractivity contribution in [3.8, 4) is 5.75 Å². The number of hydrogen-bond donors (Lipinski definition) is 1. The van der Waals surface area contributed by atoms with E-state index < -0.39 is 0 Å². The fraction of sp³-hybridized carbons (Fsp3) is 0.136. The monoisotopic (exact) mass is 421 g/mol. The van der Waals surface area contributed by atoms with Crippen LogP contribution in [0.5, 0.6) is 5.75 Å². The number of imidazole rings is 1. The van der Waals surface area contributed by atoms with Gasteiger partial charge in [-0.15, -0.1) is 0 Å². The number of nitrogens with zero attached hydrogens (tertiary/aromatic N) is 2. The van der Waals surface area contributed by atoms with Crippen molar-refractivity contribution in [2.45, 2.75) is 13.1 Å². The Morgan fingerprint density at radius 2 is 1.63 bits per heavy atom. The highest BCUT2D eigenvalue weighted by Gasteiger charge is 2.10. The largest absolute Gasteiger partial charge is 0.492 e. The molecule has 0 radical (unpaired) electrons. The molecule has 27 heavy (non-hydrogen) atoms. The fourth-order valence-corrected chi connectivity index (χ4v) is 3.29. The summed E-state index contributed by atoms with van der Waals surface area (Å²) in [7, 11) is 0. The quantitative estimate of drug-likeness (QED) is 0.428. The predicted octanol–water partition coefficient (Wildman–Crippen LogP) is 5.49. The van der Waals surface area contributed by atoms with Crippen LogP contribution < -0.4 is 10.1 Å². The summed E-state index contributed by atoms with van der Waals surface area (Å²) in [5.41, 5.74) is 3.20. The second-order valence-electron chi connectivity index (χ2n) is 6.19. The van der Waals surface area contributed by atoms with Crippen LogP contribution in [0.15, 0.2) is 83.3 Å². The maximum Gasteiger partial charge on any atom is 0.129 e. The van der Waals surface area contributed by atoms with Crippen LogP contribution >= 0.6 is 15.9 Å². The molecule has 0 aliphatic heterocycles. The zero-order valence-electron chi connectivity index (χ0n) is 14.8. The molecule has 4 nitrogen and oxygen atoms in total. The van der Waals surface area contributed by atoms with Crippen molar-refractivity contribution in [3.05, 3.63) is 89.2 Å². The first-order valence-corrected chi connectivity index (χ1v) is 9.70. The van der Waals surface area contributed by atoms with Crippen LogP contribution in [-0.4, -0.2) is 16.2 Å². The summed E-state index contributed by atoms with van der Waals surface area (Å²) >= 11 is 3.47. The highest BCUT2D eigenvalue weighted by molar-refractivity contribution is 9.10.